The number of anilines is 1. The topological polar surface area (TPSA) is 96.0 Å². The lowest BCUT2D eigenvalue weighted by Crippen LogP contribution is -2.40. The van der Waals surface area contributed by atoms with Crippen LogP contribution < -0.4 is 10.2 Å². The number of benzene rings is 2. The lowest BCUT2D eigenvalue weighted by Gasteiger charge is -2.26. The highest BCUT2D eigenvalue weighted by Crippen LogP contribution is 2.27. The summed E-state index contributed by atoms with van der Waals surface area (Å²) in [6.07, 6.45) is 0.467. The largest absolute Gasteiger partial charge is 0.379 e. The molecule has 9 heteroatoms. The molecule has 1 atom stereocenters. The number of nitrogens with zero attached hydrogens (tertiary/aromatic N) is 2. The number of carbonyl (C=O) groups is 2. The van der Waals surface area contributed by atoms with Crippen molar-refractivity contribution in [1.82, 2.24) is 9.62 Å². The number of aryl methyl sites for hydroxylation is 2. The molecule has 2 fully saturated rings. The van der Waals surface area contributed by atoms with Gasteiger partial charge in [-0.05, 0) is 61.2 Å². The highest BCUT2D eigenvalue weighted by Gasteiger charge is 2.37. The number of hydrogen-bond donors (Lipinski definition) is 1. The Labute approximate surface area is 194 Å². The SMILES string of the molecule is Cc1ccc(N2CCC(C(=O)NCc3ccc(S(=O)(=O)N4CCOCC4)cc3)C2=O)cc1C. The summed E-state index contributed by atoms with van der Waals surface area (Å²) in [4.78, 5) is 27.4. The van der Waals surface area contributed by atoms with Gasteiger partial charge in [-0.25, -0.2) is 8.42 Å². The molecule has 2 heterocycles. The van der Waals surface area contributed by atoms with Crippen LogP contribution in [-0.2, 0) is 30.9 Å². The average molecular weight is 472 g/mol. The van der Waals surface area contributed by atoms with Crippen LogP contribution in [0.25, 0.3) is 0 Å². The van der Waals surface area contributed by atoms with Gasteiger partial charge in [0, 0.05) is 31.9 Å². The second-order valence-electron chi connectivity index (χ2n) is 8.48. The van der Waals surface area contributed by atoms with Gasteiger partial charge in [-0.3, -0.25) is 9.59 Å². The summed E-state index contributed by atoms with van der Waals surface area (Å²) in [5, 5.41) is 2.82. The molecule has 2 amide bonds. The van der Waals surface area contributed by atoms with Gasteiger partial charge in [-0.15, -0.1) is 0 Å². The van der Waals surface area contributed by atoms with Gasteiger partial charge in [0.05, 0.1) is 18.1 Å². The lowest BCUT2D eigenvalue weighted by atomic mass is 10.1. The summed E-state index contributed by atoms with van der Waals surface area (Å²) < 4.78 is 32.1. The zero-order valence-corrected chi connectivity index (χ0v) is 19.7. The van der Waals surface area contributed by atoms with Crippen molar-refractivity contribution in [1.29, 1.82) is 0 Å². The molecule has 4 rings (SSSR count). The van der Waals surface area contributed by atoms with Crippen LogP contribution in [0, 0.1) is 19.8 Å². The molecular weight excluding hydrogens is 442 g/mol. The van der Waals surface area contributed by atoms with Gasteiger partial charge < -0.3 is 15.0 Å². The van der Waals surface area contributed by atoms with Crippen molar-refractivity contribution in [2.75, 3.05) is 37.7 Å². The molecular formula is C24H29N3O5S. The first-order chi connectivity index (χ1) is 15.8. The van der Waals surface area contributed by atoms with Crippen LogP contribution in [0.1, 0.15) is 23.1 Å². The maximum atomic E-state index is 12.8. The van der Waals surface area contributed by atoms with E-state index >= 15 is 0 Å². The number of rotatable bonds is 6. The van der Waals surface area contributed by atoms with Crippen LogP contribution in [0.3, 0.4) is 0 Å². The first-order valence-corrected chi connectivity index (χ1v) is 12.5. The molecule has 2 aliphatic rings. The van der Waals surface area contributed by atoms with Gasteiger partial charge in [-0.2, -0.15) is 4.31 Å². The molecule has 0 bridgehead atoms. The van der Waals surface area contributed by atoms with E-state index in [1.807, 2.05) is 32.0 Å². The Balaban J connectivity index is 1.35. The average Bonchev–Trinajstić information content (AvgIpc) is 3.21. The maximum absolute atomic E-state index is 12.8. The zero-order chi connectivity index (χ0) is 23.6. The minimum absolute atomic E-state index is 0.192. The van der Waals surface area contributed by atoms with Crippen molar-refractivity contribution in [3.63, 3.8) is 0 Å². The highest BCUT2D eigenvalue weighted by atomic mass is 32.2. The van der Waals surface area contributed by atoms with Crippen molar-refractivity contribution in [3.8, 4) is 0 Å². The molecule has 1 N–H and O–H groups in total. The summed E-state index contributed by atoms with van der Waals surface area (Å²) in [6, 6.07) is 12.3. The fourth-order valence-corrected chi connectivity index (χ4v) is 5.51. The smallest absolute Gasteiger partial charge is 0.243 e. The van der Waals surface area contributed by atoms with Crippen LogP contribution >= 0.6 is 0 Å². The van der Waals surface area contributed by atoms with Gasteiger partial charge in [0.1, 0.15) is 5.92 Å². The van der Waals surface area contributed by atoms with Crippen LogP contribution in [-0.4, -0.2) is 57.4 Å². The molecule has 2 aromatic carbocycles. The Hall–Kier alpha value is -2.75. The van der Waals surface area contributed by atoms with Gasteiger partial charge in [0.2, 0.25) is 21.8 Å². The molecule has 0 aromatic heterocycles. The summed E-state index contributed by atoms with van der Waals surface area (Å²) in [5.74, 6) is -1.22. The minimum Gasteiger partial charge on any atom is -0.379 e. The van der Waals surface area contributed by atoms with Crippen molar-refractivity contribution in [2.24, 2.45) is 5.92 Å². The monoisotopic (exact) mass is 471 g/mol. The van der Waals surface area contributed by atoms with E-state index in [4.69, 9.17) is 4.74 Å². The van der Waals surface area contributed by atoms with Crippen molar-refractivity contribution >= 4 is 27.5 Å². The van der Waals surface area contributed by atoms with E-state index in [9.17, 15) is 18.0 Å². The Morgan fingerprint density at radius 2 is 1.73 bits per heavy atom. The first-order valence-electron chi connectivity index (χ1n) is 11.1. The summed E-state index contributed by atoms with van der Waals surface area (Å²) in [5.41, 5.74) is 3.84. The molecule has 0 saturated carbocycles. The quantitative estimate of drug-likeness (QED) is 0.650. The molecule has 176 valence electrons. The van der Waals surface area contributed by atoms with Gasteiger partial charge in [0.25, 0.3) is 0 Å². The number of amides is 2. The van der Waals surface area contributed by atoms with Gasteiger partial charge >= 0.3 is 0 Å². The standard InChI is InChI=1S/C24H29N3O5S/c1-17-3-6-20(15-18(17)2)27-10-9-22(24(27)29)23(28)25-16-19-4-7-21(8-5-19)33(30,31)26-11-13-32-14-12-26/h3-8,15,22H,9-14,16H2,1-2H3,(H,25,28). The second kappa shape index (κ2) is 9.62. The fourth-order valence-electron chi connectivity index (χ4n) is 4.10. The third-order valence-corrected chi connectivity index (χ3v) is 8.23. The fraction of sp³-hybridized carbons (Fsp3) is 0.417. The van der Waals surface area contributed by atoms with Crippen molar-refractivity contribution in [2.45, 2.75) is 31.7 Å². The van der Waals surface area contributed by atoms with Crippen LogP contribution in [0.15, 0.2) is 47.4 Å². The van der Waals surface area contributed by atoms with E-state index in [2.05, 4.69) is 5.32 Å². The summed E-state index contributed by atoms with van der Waals surface area (Å²) in [7, 11) is -3.55. The highest BCUT2D eigenvalue weighted by molar-refractivity contribution is 7.89. The molecule has 2 saturated heterocycles. The Bertz CT molecular complexity index is 1140. The third-order valence-electron chi connectivity index (χ3n) is 6.32. The predicted octanol–water partition coefficient (Wildman–Crippen LogP) is 1.99. The number of sulfonamides is 1. The van der Waals surface area contributed by atoms with Gasteiger partial charge in [-0.1, -0.05) is 18.2 Å². The summed E-state index contributed by atoms with van der Waals surface area (Å²) in [6.45, 7) is 6.22. The molecule has 2 aromatic rings. The number of carbonyl (C=O) groups excluding carboxylic acids is 2. The number of morpholine rings is 1. The lowest BCUT2D eigenvalue weighted by molar-refractivity contribution is -0.132. The van der Waals surface area contributed by atoms with Gasteiger partial charge in [0.15, 0.2) is 0 Å². The van der Waals surface area contributed by atoms with E-state index in [1.165, 1.54) is 4.31 Å². The molecule has 8 nitrogen and oxygen atoms in total. The second-order valence-corrected chi connectivity index (χ2v) is 10.4. The predicted molar refractivity (Wildman–Crippen MR) is 124 cm³/mol. The molecule has 0 radical (unpaired) electrons. The summed E-state index contributed by atoms with van der Waals surface area (Å²) >= 11 is 0. The Morgan fingerprint density at radius 1 is 1.03 bits per heavy atom. The van der Waals surface area contributed by atoms with E-state index in [0.717, 1.165) is 22.4 Å². The molecule has 33 heavy (non-hydrogen) atoms. The number of nitrogens with one attached hydrogen (secondary N) is 1. The van der Waals surface area contributed by atoms with Crippen molar-refractivity contribution in [3.05, 3.63) is 59.2 Å². The maximum Gasteiger partial charge on any atom is 0.243 e. The van der Waals surface area contributed by atoms with Crippen LogP contribution in [0.4, 0.5) is 5.69 Å². The van der Waals surface area contributed by atoms with E-state index < -0.39 is 15.9 Å². The molecule has 0 spiro atoms. The van der Waals surface area contributed by atoms with E-state index in [-0.39, 0.29) is 23.3 Å². The molecule has 0 aliphatic carbocycles. The van der Waals surface area contributed by atoms with Crippen LogP contribution in [0.2, 0.25) is 0 Å². The zero-order valence-electron chi connectivity index (χ0n) is 18.9. The third kappa shape index (κ3) is 4.95. The first kappa shape index (κ1) is 23.4. The van der Waals surface area contributed by atoms with E-state index in [0.29, 0.717) is 39.3 Å². The van der Waals surface area contributed by atoms with Crippen molar-refractivity contribution < 1.29 is 22.7 Å². The molecule has 2 aliphatic heterocycles. The molecule has 1 unspecified atom stereocenters. The Morgan fingerprint density at radius 3 is 2.39 bits per heavy atom. The number of hydrogen-bond acceptors (Lipinski definition) is 5. The Kier molecular flexibility index (Phi) is 6.83. The minimum atomic E-state index is -3.55. The van der Waals surface area contributed by atoms with Crippen LogP contribution in [0.5, 0.6) is 0 Å². The van der Waals surface area contributed by atoms with E-state index in [1.54, 1.807) is 29.2 Å². The number of ether oxygens (including phenoxy) is 1. The normalized spacial score (nSPS) is 19.6.